The van der Waals surface area contributed by atoms with Gasteiger partial charge in [0.1, 0.15) is 0 Å². The van der Waals surface area contributed by atoms with Gasteiger partial charge in [0.15, 0.2) is 0 Å². The molecule has 0 bridgehead atoms. The fourth-order valence-electron chi connectivity index (χ4n) is 5.51. The summed E-state index contributed by atoms with van der Waals surface area (Å²) in [5.41, 5.74) is 0.949. The van der Waals surface area contributed by atoms with Crippen LogP contribution in [-0.4, -0.2) is 46.4 Å². The predicted octanol–water partition coefficient (Wildman–Crippen LogP) is 4.50. The van der Waals surface area contributed by atoms with Gasteiger partial charge < -0.3 is 9.84 Å². The molecule has 3 fully saturated rings. The summed E-state index contributed by atoms with van der Waals surface area (Å²) < 4.78 is 6.38. The van der Waals surface area contributed by atoms with Gasteiger partial charge in [-0.25, -0.2) is 0 Å². The van der Waals surface area contributed by atoms with Crippen molar-refractivity contribution in [3.63, 3.8) is 0 Å². The van der Waals surface area contributed by atoms with E-state index < -0.39 is 5.60 Å². The van der Waals surface area contributed by atoms with Crippen molar-refractivity contribution in [3.05, 3.63) is 35.9 Å². The van der Waals surface area contributed by atoms with E-state index in [1.54, 1.807) is 0 Å². The Balaban J connectivity index is 1.36. The van der Waals surface area contributed by atoms with E-state index in [4.69, 9.17) is 4.74 Å². The van der Waals surface area contributed by atoms with Gasteiger partial charge in [0.25, 0.3) is 0 Å². The summed E-state index contributed by atoms with van der Waals surface area (Å²) >= 11 is 0. The van der Waals surface area contributed by atoms with Gasteiger partial charge in [0, 0.05) is 12.6 Å². The fraction of sp³-hybridized carbons (Fsp3) is 0.739. The number of β-amino-alcohol motifs (C(OH)–C–C–N with tert-alkyl or cyclic N) is 1. The van der Waals surface area contributed by atoms with Crippen molar-refractivity contribution < 1.29 is 9.84 Å². The smallest absolute Gasteiger partial charge is 0.0774 e. The van der Waals surface area contributed by atoms with Crippen molar-refractivity contribution in [2.75, 3.05) is 13.1 Å². The summed E-state index contributed by atoms with van der Waals surface area (Å²) in [5, 5.41) is 11.3. The molecular weight excluding hydrogens is 322 g/mol. The first-order valence-electron chi connectivity index (χ1n) is 10.6. The summed E-state index contributed by atoms with van der Waals surface area (Å²) in [6.07, 6.45) is 9.12. The number of hydrogen-bond acceptors (Lipinski definition) is 3. The lowest BCUT2D eigenvalue weighted by Gasteiger charge is -2.51. The van der Waals surface area contributed by atoms with E-state index >= 15 is 0 Å². The molecule has 3 aliphatic rings. The molecule has 1 aliphatic carbocycles. The summed E-state index contributed by atoms with van der Waals surface area (Å²) in [4.78, 5) is 2.56. The number of rotatable bonds is 3. The van der Waals surface area contributed by atoms with Gasteiger partial charge in [-0.15, -0.1) is 0 Å². The third-order valence-electron chi connectivity index (χ3n) is 7.03. The molecule has 2 aliphatic heterocycles. The van der Waals surface area contributed by atoms with Gasteiger partial charge in [-0.05, 0) is 83.2 Å². The normalized spacial score (nSPS) is 37.9. The van der Waals surface area contributed by atoms with Crippen LogP contribution in [0.4, 0.5) is 0 Å². The van der Waals surface area contributed by atoms with Crippen LogP contribution in [0, 0.1) is 0 Å². The summed E-state index contributed by atoms with van der Waals surface area (Å²) in [6.45, 7) is 6.40. The first-order valence-corrected chi connectivity index (χ1v) is 10.6. The van der Waals surface area contributed by atoms with Crippen molar-refractivity contribution in [1.82, 2.24) is 4.90 Å². The van der Waals surface area contributed by atoms with E-state index in [1.807, 2.05) is 0 Å². The Labute approximate surface area is 158 Å². The Morgan fingerprint density at radius 2 is 1.77 bits per heavy atom. The molecule has 2 saturated heterocycles. The Bertz CT molecular complexity index is 591. The van der Waals surface area contributed by atoms with Crippen LogP contribution in [0.15, 0.2) is 30.3 Å². The second-order valence-corrected chi connectivity index (χ2v) is 9.54. The summed E-state index contributed by atoms with van der Waals surface area (Å²) in [6, 6.07) is 11.3. The molecule has 3 nitrogen and oxygen atoms in total. The highest BCUT2D eigenvalue weighted by Gasteiger charge is 2.43. The maximum Gasteiger partial charge on any atom is 0.0774 e. The van der Waals surface area contributed by atoms with Crippen molar-refractivity contribution in [3.8, 4) is 0 Å². The Morgan fingerprint density at radius 1 is 1.04 bits per heavy atom. The Hall–Kier alpha value is -0.900. The predicted molar refractivity (Wildman–Crippen MR) is 105 cm³/mol. The molecule has 1 saturated carbocycles. The van der Waals surface area contributed by atoms with E-state index in [2.05, 4.69) is 49.1 Å². The monoisotopic (exact) mass is 357 g/mol. The number of nitrogens with zero attached hydrogens (tertiary/aromatic N) is 1. The molecule has 144 valence electrons. The van der Waals surface area contributed by atoms with Crippen LogP contribution < -0.4 is 0 Å². The van der Waals surface area contributed by atoms with Crippen LogP contribution in [0.3, 0.4) is 0 Å². The minimum atomic E-state index is -0.514. The molecule has 2 atom stereocenters. The van der Waals surface area contributed by atoms with E-state index in [9.17, 15) is 5.11 Å². The molecule has 2 heterocycles. The zero-order valence-corrected chi connectivity index (χ0v) is 16.5. The molecule has 1 N–H and O–H groups in total. The maximum absolute atomic E-state index is 11.3. The molecule has 0 unspecified atom stereocenters. The first-order chi connectivity index (χ1) is 12.4. The van der Waals surface area contributed by atoms with Crippen LogP contribution in [0.5, 0.6) is 0 Å². The number of hydrogen-bond donors (Lipinski definition) is 1. The van der Waals surface area contributed by atoms with E-state index in [1.165, 1.54) is 24.8 Å². The number of aliphatic hydroxyl groups is 1. The lowest BCUT2D eigenvalue weighted by molar-refractivity contribution is -0.168. The molecule has 0 amide bonds. The summed E-state index contributed by atoms with van der Waals surface area (Å²) in [5.74, 6) is 0.615. The Morgan fingerprint density at radius 3 is 2.50 bits per heavy atom. The van der Waals surface area contributed by atoms with E-state index in [-0.39, 0.29) is 5.60 Å². The SMILES string of the molecule is CC1(C)CC[C@@H]2[C@@H](CCCN2CC2(O)CCC(c3ccccc3)CC2)O1. The molecule has 0 radical (unpaired) electrons. The van der Waals surface area contributed by atoms with Crippen LogP contribution in [-0.2, 0) is 4.74 Å². The van der Waals surface area contributed by atoms with Crippen LogP contribution in [0.2, 0.25) is 0 Å². The van der Waals surface area contributed by atoms with Gasteiger partial charge in [-0.3, -0.25) is 4.90 Å². The average molecular weight is 358 g/mol. The minimum Gasteiger partial charge on any atom is -0.389 e. The van der Waals surface area contributed by atoms with Crippen LogP contribution >= 0.6 is 0 Å². The lowest BCUT2D eigenvalue weighted by atomic mass is 9.75. The molecule has 0 aromatic heterocycles. The van der Waals surface area contributed by atoms with Gasteiger partial charge in [-0.1, -0.05) is 30.3 Å². The maximum atomic E-state index is 11.3. The van der Waals surface area contributed by atoms with E-state index in [0.29, 0.717) is 18.1 Å². The number of ether oxygens (including phenoxy) is 1. The van der Waals surface area contributed by atoms with Crippen molar-refractivity contribution in [2.24, 2.45) is 0 Å². The molecule has 1 aromatic rings. The van der Waals surface area contributed by atoms with Crippen molar-refractivity contribution >= 4 is 0 Å². The molecular formula is C23H35NO2. The van der Waals surface area contributed by atoms with Crippen LogP contribution in [0.1, 0.15) is 76.7 Å². The molecule has 0 spiro atoms. The third kappa shape index (κ3) is 4.00. The topological polar surface area (TPSA) is 32.7 Å². The second kappa shape index (κ2) is 7.26. The number of fused-ring (bicyclic) bond motifs is 1. The van der Waals surface area contributed by atoms with Gasteiger partial charge in [0.2, 0.25) is 0 Å². The molecule has 4 rings (SSSR count). The minimum absolute atomic E-state index is 0.0226. The molecule has 3 heteroatoms. The Kier molecular flexibility index (Phi) is 5.15. The standard InChI is InChI=1S/C23H35NO2/c1-22(2)13-12-20-21(26-22)9-6-16-24(20)17-23(25)14-10-19(11-15-23)18-7-4-3-5-8-18/h3-5,7-8,19-21,25H,6,9-17H2,1-2H3/t19?,20-,21-,23?/m1/s1. The fourth-order valence-corrected chi connectivity index (χ4v) is 5.51. The van der Waals surface area contributed by atoms with Crippen LogP contribution in [0.25, 0.3) is 0 Å². The zero-order chi connectivity index (χ0) is 18.2. The van der Waals surface area contributed by atoms with Gasteiger partial charge in [0.05, 0.1) is 17.3 Å². The zero-order valence-electron chi connectivity index (χ0n) is 16.5. The lowest BCUT2D eigenvalue weighted by Crippen LogP contribution is -2.58. The van der Waals surface area contributed by atoms with Gasteiger partial charge >= 0.3 is 0 Å². The highest BCUT2D eigenvalue weighted by Crippen LogP contribution is 2.41. The van der Waals surface area contributed by atoms with Crippen molar-refractivity contribution in [2.45, 2.75) is 94.5 Å². The van der Waals surface area contributed by atoms with Gasteiger partial charge in [-0.2, -0.15) is 0 Å². The highest BCUT2D eigenvalue weighted by atomic mass is 16.5. The second-order valence-electron chi connectivity index (χ2n) is 9.54. The number of likely N-dealkylation sites (tertiary alicyclic amines) is 1. The molecule has 26 heavy (non-hydrogen) atoms. The quantitative estimate of drug-likeness (QED) is 0.865. The number of benzene rings is 1. The van der Waals surface area contributed by atoms with Crippen molar-refractivity contribution in [1.29, 1.82) is 0 Å². The van der Waals surface area contributed by atoms with E-state index in [0.717, 1.165) is 45.2 Å². The molecule has 1 aromatic carbocycles. The number of piperidine rings is 1. The highest BCUT2D eigenvalue weighted by molar-refractivity contribution is 5.20. The third-order valence-corrected chi connectivity index (χ3v) is 7.03. The summed E-state index contributed by atoms with van der Waals surface area (Å²) in [7, 11) is 0. The largest absolute Gasteiger partial charge is 0.389 e. The first kappa shape index (κ1) is 18.5. The average Bonchev–Trinajstić information content (AvgIpc) is 2.62.